The first-order valence-electron chi connectivity index (χ1n) is 3.87. The third-order valence-electron chi connectivity index (χ3n) is 1.72. The van der Waals surface area contributed by atoms with Crippen LogP contribution in [-0.2, 0) is 9.53 Å². The van der Waals surface area contributed by atoms with Crippen molar-refractivity contribution < 1.29 is 18.3 Å². The zero-order chi connectivity index (χ0) is 10.1. The molecule has 1 aromatic carbocycles. The molecule has 3 nitrogen and oxygen atoms in total. The largest absolute Gasteiger partial charge is 0.406 e. The molecule has 0 aromatic heterocycles. The molecule has 1 aliphatic heterocycles. The Kier molecular flexibility index (Phi) is 1.99. The molecule has 0 saturated heterocycles. The highest BCUT2D eigenvalue weighted by Crippen LogP contribution is 2.14. The maximum atomic E-state index is 13.1. The molecular weight excluding hydrogens is 192 g/mol. The molecule has 2 rings (SSSR count). The second-order valence-electron chi connectivity index (χ2n) is 2.72. The van der Waals surface area contributed by atoms with Crippen LogP contribution >= 0.6 is 0 Å². The van der Waals surface area contributed by atoms with E-state index in [-0.39, 0.29) is 18.0 Å². The lowest BCUT2D eigenvalue weighted by molar-refractivity contribution is -0.132. The van der Waals surface area contributed by atoms with E-state index in [0.717, 1.165) is 18.2 Å². The van der Waals surface area contributed by atoms with E-state index in [4.69, 9.17) is 0 Å². The van der Waals surface area contributed by atoms with Gasteiger partial charge in [0, 0.05) is 0 Å². The van der Waals surface area contributed by atoms with Crippen molar-refractivity contribution in [2.24, 2.45) is 4.99 Å². The summed E-state index contributed by atoms with van der Waals surface area (Å²) in [6.07, 6.45) is 0. The number of carbonyl (C=O) groups is 1. The highest BCUT2D eigenvalue weighted by molar-refractivity contribution is 6.05. The van der Waals surface area contributed by atoms with Crippen molar-refractivity contribution in [3.8, 4) is 0 Å². The highest BCUT2D eigenvalue weighted by Gasteiger charge is 2.21. The molecule has 0 atom stereocenters. The quantitative estimate of drug-likeness (QED) is 0.636. The smallest absolute Gasteiger partial charge is 0.334 e. The fourth-order valence-corrected chi connectivity index (χ4v) is 1.11. The van der Waals surface area contributed by atoms with E-state index < -0.39 is 17.6 Å². The molecule has 1 aromatic rings. The number of halogens is 2. The molecular formula is C9H5F2NO2. The van der Waals surface area contributed by atoms with Crippen molar-refractivity contribution in [2.75, 3.05) is 6.54 Å². The van der Waals surface area contributed by atoms with Gasteiger partial charge in [0.15, 0.2) is 0 Å². The number of cyclic esters (lactones) is 1. The molecule has 5 heteroatoms. The average Bonchev–Trinajstić information content (AvgIpc) is 2.56. The summed E-state index contributed by atoms with van der Waals surface area (Å²) in [7, 11) is 0. The summed E-state index contributed by atoms with van der Waals surface area (Å²) in [6.45, 7) is -0.148. The van der Waals surface area contributed by atoms with Crippen LogP contribution in [0.2, 0.25) is 0 Å². The van der Waals surface area contributed by atoms with E-state index in [1.165, 1.54) is 0 Å². The fourth-order valence-electron chi connectivity index (χ4n) is 1.11. The van der Waals surface area contributed by atoms with E-state index in [0.29, 0.717) is 0 Å². The van der Waals surface area contributed by atoms with Crippen LogP contribution in [0, 0.1) is 11.6 Å². The van der Waals surface area contributed by atoms with Crippen LogP contribution in [0.25, 0.3) is 0 Å². The number of rotatable bonds is 1. The highest BCUT2D eigenvalue weighted by atomic mass is 19.1. The predicted octanol–water partition coefficient (Wildman–Crippen LogP) is 1.27. The molecule has 1 aliphatic rings. The predicted molar refractivity (Wildman–Crippen MR) is 43.9 cm³/mol. The van der Waals surface area contributed by atoms with Crippen molar-refractivity contribution >= 4 is 11.9 Å². The maximum absolute atomic E-state index is 13.1. The van der Waals surface area contributed by atoms with Gasteiger partial charge in [0.25, 0.3) is 0 Å². The van der Waals surface area contributed by atoms with Crippen molar-refractivity contribution in [3.63, 3.8) is 0 Å². The molecule has 1 heterocycles. The lowest BCUT2D eigenvalue weighted by Crippen LogP contribution is -2.08. The number of carbonyl (C=O) groups excluding carboxylic acids is 1. The van der Waals surface area contributed by atoms with Crippen molar-refractivity contribution in [1.29, 1.82) is 0 Å². The zero-order valence-corrected chi connectivity index (χ0v) is 6.96. The third kappa shape index (κ3) is 1.48. The number of nitrogens with zero attached hydrogens (tertiary/aromatic N) is 1. The number of benzene rings is 1. The van der Waals surface area contributed by atoms with Crippen LogP contribution < -0.4 is 0 Å². The second kappa shape index (κ2) is 3.17. The second-order valence-corrected chi connectivity index (χ2v) is 2.72. The minimum Gasteiger partial charge on any atom is -0.406 e. The molecule has 0 amide bonds. The summed E-state index contributed by atoms with van der Waals surface area (Å²) < 4.78 is 30.4. The van der Waals surface area contributed by atoms with Gasteiger partial charge in [-0.25, -0.2) is 18.6 Å². The third-order valence-corrected chi connectivity index (χ3v) is 1.72. The van der Waals surface area contributed by atoms with Gasteiger partial charge in [-0.05, 0) is 18.2 Å². The zero-order valence-electron chi connectivity index (χ0n) is 6.96. The Balaban J connectivity index is 2.41. The number of aliphatic imine (C=N–C) groups is 1. The first kappa shape index (κ1) is 8.80. The van der Waals surface area contributed by atoms with Gasteiger partial charge >= 0.3 is 5.97 Å². The van der Waals surface area contributed by atoms with Gasteiger partial charge in [-0.15, -0.1) is 0 Å². The van der Waals surface area contributed by atoms with E-state index in [2.05, 4.69) is 9.73 Å². The maximum Gasteiger partial charge on any atom is 0.334 e. The number of hydrogen-bond acceptors (Lipinski definition) is 3. The molecule has 0 bridgehead atoms. The molecule has 0 aliphatic carbocycles. The van der Waals surface area contributed by atoms with Crippen LogP contribution in [0.3, 0.4) is 0 Å². The van der Waals surface area contributed by atoms with Gasteiger partial charge in [0.2, 0.25) is 5.90 Å². The molecule has 72 valence electrons. The lowest BCUT2D eigenvalue weighted by Gasteiger charge is -2.01. The summed E-state index contributed by atoms with van der Waals surface area (Å²) in [5.41, 5.74) is -0.129. The van der Waals surface area contributed by atoms with E-state index in [1.807, 2.05) is 0 Å². The van der Waals surface area contributed by atoms with Gasteiger partial charge < -0.3 is 4.74 Å². The fraction of sp³-hybridized carbons (Fsp3) is 0.111. The summed E-state index contributed by atoms with van der Waals surface area (Å²) >= 11 is 0. The Bertz CT molecular complexity index is 429. The summed E-state index contributed by atoms with van der Waals surface area (Å²) in [6, 6.07) is 2.88. The average molecular weight is 197 g/mol. The van der Waals surface area contributed by atoms with Gasteiger partial charge in [0.05, 0.1) is 5.56 Å². The van der Waals surface area contributed by atoms with Crippen molar-refractivity contribution in [2.45, 2.75) is 0 Å². The van der Waals surface area contributed by atoms with Crippen LogP contribution in [-0.4, -0.2) is 18.4 Å². The minimum absolute atomic E-state index is 0.129. The van der Waals surface area contributed by atoms with Crippen LogP contribution in [0.5, 0.6) is 0 Å². The monoisotopic (exact) mass is 197 g/mol. The minimum atomic E-state index is -0.667. The summed E-state index contributed by atoms with van der Waals surface area (Å²) in [4.78, 5) is 14.3. The van der Waals surface area contributed by atoms with Crippen LogP contribution in [0.15, 0.2) is 23.2 Å². The number of esters is 1. The normalized spacial score (nSPS) is 15.3. The van der Waals surface area contributed by atoms with Crippen molar-refractivity contribution in [1.82, 2.24) is 0 Å². The van der Waals surface area contributed by atoms with E-state index in [1.54, 1.807) is 0 Å². The first-order valence-corrected chi connectivity index (χ1v) is 3.87. The van der Waals surface area contributed by atoms with Gasteiger partial charge in [-0.1, -0.05) is 0 Å². The molecule has 0 radical (unpaired) electrons. The Morgan fingerprint density at radius 1 is 1.36 bits per heavy atom. The Labute approximate surface area is 78.0 Å². The Morgan fingerprint density at radius 3 is 2.79 bits per heavy atom. The molecule has 14 heavy (non-hydrogen) atoms. The van der Waals surface area contributed by atoms with Crippen molar-refractivity contribution in [3.05, 3.63) is 35.4 Å². The molecule has 0 saturated carbocycles. The SMILES string of the molecule is O=C1CN=C(c2cc(F)ccc2F)O1. The van der Waals surface area contributed by atoms with Gasteiger partial charge in [-0.3, -0.25) is 0 Å². The molecule has 0 fully saturated rings. The standard InChI is InChI=1S/C9H5F2NO2/c10-5-1-2-7(11)6(3-5)9-12-4-8(13)14-9/h1-3H,4H2. The Hall–Kier alpha value is -1.78. The molecule has 0 N–H and O–H groups in total. The Morgan fingerprint density at radius 2 is 2.14 bits per heavy atom. The van der Waals surface area contributed by atoms with E-state index in [9.17, 15) is 13.6 Å². The number of ether oxygens (including phenoxy) is 1. The van der Waals surface area contributed by atoms with Gasteiger partial charge in [-0.2, -0.15) is 0 Å². The van der Waals surface area contributed by atoms with Crippen LogP contribution in [0.4, 0.5) is 8.78 Å². The summed E-state index contributed by atoms with van der Waals surface area (Å²) in [5.74, 6) is -2.00. The topological polar surface area (TPSA) is 38.7 Å². The van der Waals surface area contributed by atoms with Crippen LogP contribution in [0.1, 0.15) is 5.56 Å². The molecule has 0 spiro atoms. The summed E-state index contributed by atoms with van der Waals surface area (Å²) in [5, 5.41) is 0. The van der Waals surface area contributed by atoms with E-state index >= 15 is 0 Å². The molecule has 0 unspecified atom stereocenters. The lowest BCUT2D eigenvalue weighted by atomic mass is 10.2. The first-order chi connectivity index (χ1) is 6.66. The van der Waals surface area contributed by atoms with Gasteiger partial charge in [0.1, 0.15) is 18.2 Å². The number of hydrogen-bond donors (Lipinski definition) is 0.